The minimum atomic E-state index is -0.648. The average molecular weight is 321 g/mol. The molecule has 2 N–H and O–H groups in total. The van der Waals surface area contributed by atoms with E-state index in [4.69, 9.17) is 10.00 Å². The van der Waals surface area contributed by atoms with Crippen LogP contribution in [0.3, 0.4) is 0 Å². The monoisotopic (exact) mass is 321 g/mol. The van der Waals surface area contributed by atoms with Crippen molar-refractivity contribution >= 4 is 17.5 Å². The van der Waals surface area contributed by atoms with Crippen LogP contribution in [0.25, 0.3) is 0 Å². The van der Waals surface area contributed by atoms with Gasteiger partial charge in [0, 0.05) is 18.5 Å². The van der Waals surface area contributed by atoms with Gasteiger partial charge in [0.1, 0.15) is 5.75 Å². The smallest absolute Gasteiger partial charge is 0.265 e. The van der Waals surface area contributed by atoms with Crippen molar-refractivity contribution in [2.45, 2.75) is 12.5 Å². The highest BCUT2D eigenvalue weighted by atomic mass is 16.5. The number of amides is 2. The first kappa shape index (κ1) is 15.6. The molecule has 1 atom stereocenters. The molecule has 1 aliphatic heterocycles. The molecule has 1 aliphatic rings. The molecule has 0 radical (unpaired) electrons. The molecule has 0 saturated heterocycles. The SMILES string of the molecule is N#Cc1cccc(C(=O)NCCC2Oc3ccccc3NC2=O)c1. The summed E-state index contributed by atoms with van der Waals surface area (Å²) in [7, 11) is 0. The molecule has 2 amide bonds. The number of nitrogens with one attached hydrogen (secondary N) is 2. The van der Waals surface area contributed by atoms with Crippen LogP contribution in [0.5, 0.6) is 5.75 Å². The molecule has 6 nitrogen and oxygen atoms in total. The van der Waals surface area contributed by atoms with Crippen LogP contribution in [0.2, 0.25) is 0 Å². The second-order valence-corrected chi connectivity index (χ2v) is 5.33. The van der Waals surface area contributed by atoms with Crippen molar-refractivity contribution in [1.29, 1.82) is 5.26 Å². The van der Waals surface area contributed by atoms with Crippen LogP contribution in [0.4, 0.5) is 5.69 Å². The summed E-state index contributed by atoms with van der Waals surface area (Å²) < 4.78 is 5.66. The number of rotatable bonds is 4. The lowest BCUT2D eigenvalue weighted by molar-refractivity contribution is -0.123. The van der Waals surface area contributed by atoms with Gasteiger partial charge in [0.25, 0.3) is 11.8 Å². The fourth-order valence-corrected chi connectivity index (χ4v) is 2.43. The van der Waals surface area contributed by atoms with Gasteiger partial charge in [-0.3, -0.25) is 9.59 Å². The van der Waals surface area contributed by atoms with E-state index in [2.05, 4.69) is 10.6 Å². The Morgan fingerprint density at radius 3 is 2.92 bits per heavy atom. The van der Waals surface area contributed by atoms with E-state index in [9.17, 15) is 9.59 Å². The standard InChI is InChI=1S/C18H15N3O3/c19-11-12-4-3-5-13(10-12)17(22)20-9-8-16-18(23)21-14-6-1-2-7-15(14)24-16/h1-7,10,16H,8-9H2,(H,20,22)(H,21,23). The van der Waals surface area contributed by atoms with Gasteiger partial charge in [-0.2, -0.15) is 5.26 Å². The Balaban J connectivity index is 1.56. The molecular formula is C18H15N3O3. The third kappa shape index (κ3) is 3.36. The molecule has 2 aromatic carbocycles. The van der Waals surface area contributed by atoms with E-state index in [1.807, 2.05) is 18.2 Å². The number of hydrogen-bond acceptors (Lipinski definition) is 4. The molecule has 0 aliphatic carbocycles. The Kier molecular flexibility index (Phi) is 4.43. The van der Waals surface area contributed by atoms with E-state index in [-0.39, 0.29) is 18.4 Å². The number of anilines is 1. The Labute approximate surface area is 139 Å². The van der Waals surface area contributed by atoms with Crippen LogP contribution in [0.15, 0.2) is 48.5 Å². The minimum Gasteiger partial charge on any atom is -0.478 e. The first-order valence-electron chi connectivity index (χ1n) is 7.52. The number of para-hydroxylation sites is 2. The first-order chi connectivity index (χ1) is 11.7. The first-order valence-corrected chi connectivity index (χ1v) is 7.52. The molecule has 0 spiro atoms. The summed E-state index contributed by atoms with van der Waals surface area (Å²) in [6, 6.07) is 15.6. The Morgan fingerprint density at radius 1 is 1.25 bits per heavy atom. The van der Waals surface area contributed by atoms with Crippen molar-refractivity contribution < 1.29 is 14.3 Å². The van der Waals surface area contributed by atoms with Crippen LogP contribution < -0.4 is 15.4 Å². The summed E-state index contributed by atoms with van der Waals surface area (Å²) in [5, 5.41) is 14.4. The van der Waals surface area contributed by atoms with E-state index in [0.29, 0.717) is 29.0 Å². The summed E-state index contributed by atoms with van der Waals surface area (Å²) in [5.74, 6) is 0.105. The van der Waals surface area contributed by atoms with Crippen LogP contribution in [0, 0.1) is 11.3 Å². The van der Waals surface area contributed by atoms with E-state index in [1.165, 1.54) is 6.07 Å². The number of hydrogen-bond donors (Lipinski definition) is 2. The van der Waals surface area contributed by atoms with Gasteiger partial charge in [0.05, 0.1) is 17.3 Å². The van der Waals surface area contributed by atoms with Crippen molar-refractivity contribution in [2.75, 3.05) is 11.9 Å². The molecule has 6 heteroatoms. The summed E-state index contributed by atoms with van der Waals surface area (Å²) in [5.41, 5.74) is 1.48. The van der Waals surface area contributed by atoms with Crippen molar-refractivity contribution in [2.24, 2.45) is 0 Å². The molecule has 0 saturated carbocycles. The van der Waals surface area contributed by atoms with Gasteiger partial charge in [-0.15, -0.1) is 0 Å². The summed E-state index contributed by atoms with van der Waals surface area (Å²) in [6.07, 6.45) is -0.297. The van der Waals surface area contributed by atoms with Gasteiger partial charge < -0.3 is 15.4 Å². The van der Waals surface area contributed by atoms with Gasteiger partial charge >= 0.3 is 0 Å². The maximum absolute atomic E-state index is 12.1. The number of fused-ring (bicyclic) bond motifs is 1. The third-order valence-electron chi connectivity index (χ3n) is 3.65. The lowest BCUT2D eigenvalue weighted by atomic mass is 10.1. The zero-order valence-electron chi connectivity index (χ0n) is 12.8. The highest BCUT2D eigenvalue weighted by Crippen LogP contribution is 2.29. The zero-order chi connectivity index (χ0) is 16.9. The highest BCUT2D eigenvalue weighted by Gasteiger charge is 2.26. The summed E-state index contributed by atoms with van der Waals surface area (Å²) in [6.45, 7) is 0.288. The molecule has 1 heterocycles. The highest BCUT2D eigenvalue weighted by molar-refractivity contribution is 5.98. The number of nitriles is 1. The predicted octanol–water partition coefficient (Wildman–Crippen LogP) is 2.08. The molecular weight excluding hydrogens is 306 g/mol. The fourth-order valence-electron chi connectivity index (χ4n) is 2.43. The van der Waals surface area contributed by atoms with Gasteiger partial charge in [0.2, 0.25) is 0 Å². The number of nitrogens with zero attached hydrogens (tertiary/aromatic N) is 1. The molecule has 2 aromatic rings. The molecule has 0 aromatic heterocycles. The van der Waals surface area contributed by atoms with Gasteiger partial charge in [0.15, 0.2) is 6.10 Å². The molecule has 120 valence electrons. The van der Waals surface area contributed by atoms with Gasteiger partial charge in [-0.1, -0.05) is 18.2 Å². The second kappa shape index (κ2) is 6.84. The van der Waals surface area contributed by atoms with Crippen molar-refractivity contribution in [3.8, 4) is 11.8 Å². The number of carbonyl (C=O) groups is 2. The quantitative estimate of drug-likeness (QED) is 0.902. The Morgan fingerprint density at radius 2 is 2.08 bits per heavy atom. The van der Waals surface area contributed by atoms with Crippen molar-refractivity contribution in [3.63, 3.8) is 0 Å². The summed E-state index contributed by atoms with van der Waals surface area (Å²) >= 11 is 0. The molecule has 1 unspecified atom stereocenters. The normalized spacial score (nSPS) is 15.5. The molecule has 0 bridgehead atoms. The topological polar surface area (TPSA) is 91.2 Å². The van der Waals surface area contributed by atoms with Crippen molar-refractivity contribution in [1.82, 2.24) is 5.32 Å². The zero-order valence-corrected chi connectivity index (χ0v) is 12.8. The second-order valence-electron chi connectivity index (χ2n) is 5.33. The number of benzene rings is 2. The van der Waals surface area contributed by atoms with E-state index in [1.54, 1.807) is 30.3 Å². The largest absolute Gasteiger partial charge is 0.478 e. The summed E-state index contributed by atoms with van der Waals surface area (Å²) in [4.78, 5) is 24.1. The molecule has 24 heavy (non-hydrogen) atoms. The van der Waals surface area contributed by atoms with Crippen LogP contribution >= 0.6 is 0 Å². The molecule has 0 fully saturated rings. The predicted molar refractivity (Wildman–Crippen MR) is 87.6 cm³/mol. The average Bonchev–Trinajstić information content (AvgIpc) is 2.62. The Hall–Kier alpha value is -3.33. The van der Waals surface area contributed by atoms with E-state index >= 15 is 0 Å². The Bertz CT molecular complexity index is 826. The van der Waals surface area contributed by atoms with Crippen molar-refractivity contribution in [3.05, 3.63) is 59.7 Å². The lowest BCUT2D eigenvalue weighted by Gasteiger charge is -2.25. The molecule has 3 rings (SSSR count). The third-order valence-corrected chi connectivity index (χ3v) is 3.65. The van der Waals surface area contributed by atoms with Crippen LogP contribution in [-0.2, 0) is 4.79 Å². The van der Waals surface area contributed by atoms with Gasteiger partial charge in [-0.05, 0) is 30.3 Å². The minimum absolute atomic E-state index is 0.227. The van der Waals surface area contributed by atoms with Crippen LogP contribution in [-0.4, -0.2) is 24.5 Å². The van der Waals surface area contributed by atoms with E-state index in [0.717, 1.165) is 0 Å². The van der Waals surface area contributed by atoms with Crippen LogP contribution in [0.1, 0.15) is 22.3 Å². The number of ether oxygens (including phenoxy) is 1. The van der Waals surface area contributed by atoms with Gasteiger partial charge in [-0.25, -0.2) is 0 Å². The maximum atomic E-state index is 12.1. The number of carbonyl (C=O) groups excluding carboxylic acids is 2. The lowest BCUT2D eigenvalue weighted by Crippen LogP contribution is -2.39. The maximum Gasteiger partial charge on any atom is 0.265 e. The fraction of sp³-hybridized carbons (Fsp3) is 0.167. The van der Waals surface area contributed by atoms with E-state index < -0.39 is 6.10 Å².